The summed E-state index contributed by atoms with van der Waals surface area (Å²) in [4.78, 5) is 26.5. The van der Waals surface area contributed by atoms with Gasteiger partial charge < -0.3 is 15.0 Å². The highest BCUT2D eigenvalue weighted by Crippen LogP contribution is 2.17. The molecule has 5 nitrogen and oxygen atoms in total. The molecule has 1 heterocycles. The van der Waals surface area contributed by atoms with E-state index in [2.05, 4.69) is 5.32 Å². The molecule has 1 fully saturated rings. The van der Waals surface area contributed by atoms with Gasteiger partial charge in [0.15, 0.2) is 12.4 Å². The van der Waals surface area contributed by atoms with Gasteiger partial charge in [-0.3, -0.25) is 9.59 Å². The Kier molecular flexibility index (Phi) is 7.66. The molecule has 1 aliphatic rings. The molecule has 0 saturated carbocycles. The molecule has 1 atom stereocenters. The van der Waals surface area contributed by atoms with Crippen LogP contribution in [0, 0.1) is 0 Å². The monoisotopic (exact) mass is 408 g/mol. The molecule has 1 amide bonds. The van der Waals surface area contributed by atoms with Gasteiger partial charge in [-0.25, -0.2) is 0 Å². The van der Waals surface area contributed by atoms with Crippen LogP contribution in [0.4, 0.5) is 0 Å². The molecule has 1 saturated heterocycles. The number of amides is 1. The zero-order valence-corrected chi connectivity index (χ0v) is 16.6. The molecule has 0 spiro atoms. The summed E-state index contributed by atoms with van der Waals surface area (Å²) in [5.41, 5.74) is 1.13. The molecule has 1 N–H and O–H groups in total. The normalized spacial score (nSPS) is 16.4. The second-order valence-corrected chi connectivity index (χ2v) is 6.73. The number of piperazine rings is 1. The van der Waals surface area contributed by atoms with Gasteiger partial charge in [0.2, 0.25) is 0 Å². The molecule has 3 rings (SSSR count). The molecule has 1 aliphatic heterocycles. The number of hydrogen-bond acceptors (Lipinski definition) is 4. The molecule has 2 aromatic carbocycles. The van der Waals surface area contributed by atoms with E-state index in [-0.39, 0.29) is 36.7 Å². The van der Waals surface area contributed by atoms with E-state index in [0.29, 0.717) is 28.4 Å². The van der Waals surface area contributed by atoms with Gasteiger partial charge in [0.05, 0.1) is 0 Å². The molecule has 144 valence electrons. The van der Waals surface area contributed by atoms with Crippen molar-refractivity contribution in [3.05, 3.63) is 64.7 Å². The Hall–Kier alpha value is -2.08. The Morgan fingerprint density at radius 2 is 1.70 bits per heavy atom. The van der Waals surface area contributed by atoms with Crippen LogP contribution in [0.5, 0.6) is 5.75 Å². The highest BCUT2D eigenvalue weighted by Gasteiger charge is 2.23. The molecular weight excluding hydrogens is 387 g/mol. The van der Waals surface area contributed by atoms with Gasteiger partial charge >= 0.3 is 0 Å². The summed E-state index contributed by atoms with van der Waals surface area (Å²) in [6.45, 7) is 4.30. The van der Waals surface area contributed by atoms with Crippen LogP contribution in [0.2, 0.25) is 5.02 Å². The Labute approximate surface area is 170 Å². The average molecular weight is 409 g/mol. The number of hydrogen-bond donors (Lipinski definition) is 1. The number of rotatable bonds is 5. The van der Waals surface area contributed by atoms with E-state index in [1.54, 1.807) is 48.5 Å². The number of nitrogens with zero attached hydrogens (tertiary/aromatic N) is 1. The third kappa shape index (κ3) is 5.45. The van der Waals surface area contributed by atoms with E-state index >= 15 is 0 Å². The molecule has 2 aromatic rings. The van der Waals surface area contributed by atoms with Gasteiger partial charge in [0, 0.05) is 41.8 Å². The summed E-state index contributed by atoms with van der Waals surface area (Å²) in [7, 11) is 0. The largest absolute Gasteiger partial charge is 0.484 e. The van der Waals surface area contributed by atoms with Crippen molar-refractivity contribution < 1.29 is 14.3 Å². The van der Waals surface area contributed by atoms with E-state index in [1.807, 2.05) is 11.8 Å². The minimum absolute atomic E-state index is 0. The van der Waals surface area contributed by atoms with Gasteiger partial charge in [-0.05, 0) is 55.5 Å². The maximum Gasteiger partial charge on any atom is 0.260 e. The van der Waals surface area contributed by atoms with Crippen LogP contribution < -0.4 is 10.1 Å². The lowest BCUT2D eigenvalue weighted by Crippen LogP contribution is -2.53. The Morgan fingerprint density at radius 1 is 1.11 bits per heavy atom. The van der Waals surface area contributed by atoms with Gasteiger partial charge in [-0.15, -0.1) is 12.4 Å². The standard InChI is InChI=1S/C20H21ClN2O3.ClH/c1-14-12-22-10-11-23(14)19(24)13-26-18-8-4-16(5-9-18)20(25)15-2-6-17(21)7-3-15;/h2-9,14,22H,10-13H2,1H3;1H/t14-;/m0./s1. The number of carbonyl (C=O) groups is 2. The summed E-state index contributed by atoms with van der Waals surface area (Å²) >= 11 is 5.85. The summed E-state index contributed by atoms with van der Waals surface area (Å²) in [5, 5.41) is 3.84. The van der Waals surface area contributed by atoms with Crippen LogP contribution in [-0.4, -0.2) is 48.9 Å². The van der Waals surface area contributed by atoms with E-state index in [9.17, 15) is 9.59 Å². The van der Waals surface area contributed by atoms with Gasteiger partial charge in [-0.1, -0.05) is 11.6 Å². The Balaban J connectivity index is 0.00000261. The lowest BCUT2D eigenvalue weighted by molar-refractivity contribution is -0.136. The lowest BCUT2D eigenvalue weighted by Gasteiger charge is -2.33. The van der Waals surface area contributed by atoms with Crippen LogP contribution in [-0.2, 0) is 4.79 Å². The fraction of sp³-hybridized carbons (Fsp3) is 0.300. The van der Waals surface area contributed by atoms with Crippen molar-refractivity contribution in [2.75, 3.05) is 26.2 Å². The summed E-state index contributed by atoms with van der Waals surface area (Å²) in [6.07, 6.45) is 0. The molecule has 0 aromatic heterocycles. The van der Waals surface area contributed by atoms with Crippen molar-refractivity contribution in [3.63, 3.8) is 0 Å². The predicted molar refractivity (Wildman–Crippen MR) is 108 cm³/mol. The summed E-state index contributed by atoms with van der Waals surface area (Å²) < 4.78 is 5.59. The molecule has 27 heavy (non-hydrogen) atoms. The number of ether oxygens (including phenoxy) is 1. The van der Waals surface area contributed by atoms with Crippen molar-refractivity contribution in [2.45, 2.75) is 13.0 Å². The van der Waals surface area contributed by atoms with Crippen LogP contribution >= 0.6 is 24.0 Å². The minimum atomic E-state index is -0.0843. The third-order valence-corrected chi connectivity index (χ3v) is 4.66. The zero-order chi connectivity index (χ0) is 18.5. The summed E-state index contributed by atoms with van der Waals surface area (Å²) in [5.74, 6) is 0.452. The molecule has 0 bridgehead atoms. The number of benzene rings is 2. The Bertz CT molecular complexity index is 779. The number of nitrogens with one attached hydrogen (secondary N) is 1. The number of halogens is 2. The summed E-state index contributed by atoms with van der Waals surface area (Å²) in [6, 6.07) is 13.7. The second kappa shape index (κ2) is 9.74. The van der Waals surface area contributed by atoms with Crippen LogP contribution in [0.1, 0.15) is 22.8 Å². The number of carbonyl (C=O) groups excluding carboxylic acids is 2. The molecule has 7 heteroatoms. The maximum absolute atomic E-state index is 12.4. The Morgan fingerprint density at radius 3 is 2.30 bits per heavy atom. The van der Waals surface area contributed by atoms with E-state index in [0.717, 1.165) is 13.1 Å². The quantitative estimate of drug-likeness (QED) is 0.771. The van der Waals surface area contributed by atoms with Crippen LogP contribution in [0.3, 0.4) is 0 Å². The van der Waals surface area contributed by atoms with Crippen molar-refractivity contribution in [1.29, 1.82) is 0 Å². The first-order valence-corrected chi connectivity index (χ1v) is 8.96. The minimum Gasteiger partial charge on any atom is -0.484 e. The second-order valence-electron chi connectivity index (χ2n) is 6.29. The molecular formula is C20H22Cl2N2O3. The van der Waals surface area contributed by atoms with E-state index < -0.39 is 0 Å². The number of ketones is 1. The smallest absolute Gasteiger partial charge is 0.260 e. The predicted octanol–water partition coefficient (Wildman–Crippen LogP) is 3.19. The lowest BCUT2D eigenvalue weighted by atomic mass is 10.0. The molecule has 0 aliphatic carbocycles. The topological polar surface area (TPSA) is 58.6 Å². The highest BCUT2D eigenvalue weighted by atomic mass is 35.5. The first-order valence-electron chi connectivity index (χ1n) is 8.58. The first kappa shape index (κ1) is 21.2. The fourth-order valence-electron chi connectivity index (χ4n) is 2.91. The third-order valence-electron chi connectivity index (χ3n) is 4.41. The van der Waals surface area contributed by atoms with Crippen molar-refractivity contribution in [1.82, 2.24) is 10.2 Å². The van der Waals surface area contributed by atoms with Crippen molar-refractivity contribution >= 4 is 35.7 Å². The van der Waals surface area contributed by atoms with Crippen LogP contribution in [0.25, 0.3) is 0 Å². The van der Waals surface area contributed by atoms with Crippen LogP contribution in [0.15, 0.2) is 48.5 Å². The SMILES string of the molecule is C[C@H]1CNCCN1C(=O)COc1ccc(C(=O)c2ccc(Cl)cc2)cc1.Cl. The highest BCUT2D eigenvalue weighted by molar-refractivity contribution is 6.30. The molecule has 0 radical (unpaired) electrons. The van der Waals surface area contributed by atoms with E-state index in [4.69, 9.17) is 16.3 Å². The maximum atomic E-state index is 12.4. The molecule has 0 unspecified atom stereocenters. The van der Waals surface area contributed by atoms with Gasteiger partial charge in [0.25, 0.3) is 5.91 Å². The fourth-order valence-corrected chi connectivity index (χ4v) is 3.04. The zero-order valence-electron chi connectivity index (χ0n) is 15.0. The average Bonchev–Trinajstić information content (AvgIpc) is 2.67. The first-order chi connectivity index (χ1) is 12.5. The van der Waals surface area contributed by atoms with Crippen molar-refractivity contribution in [2.24, 2.45) is 0 Å². The van der Waals surface area contributed by atoms with Gasteiger partial charge in [-0.2, -0.15) is 0 Å². The van der Waals surface area contributed by atoms with E-state index in [1.165, 1.54) is 0 Å². The van der Waals surface area contributed by atoms with Crippen molar-refractivity contribution in [3.8, 4) is 5.75 Å². The van der Waals surface area contributed by atoms with Gasteiger partial charge in [0.1, 0.15) is 5.75 Å².